The fraction of sp³-hybridized carbons (Fsp3) is 0.278. The summed E-state index contributed by atoms with van der Waals surface area (Å²) in [5.74, 6) is 0. The van der Waals surface area contributed by atoms with Crippen molar-refractivity contribution in [2.45, 2.75) is 25.6 Å². The van der Waals surface area contributed by atoms with E-state index in [0.29, 0.717) is 6.54 Å². The number of pyridine rings is 1. The minimum atomic E-state index is -0.553. The Morgan fingerprint density at radius 1 is 1.26 bits per heavy atom. The molecule has 23 heavy (non-hydrogen) atoms. The van der Waals surface area contributed by atoms with Crippen molar-refractivity contribution >= 4 is 22.5 Å². The van der Waals surface area contributed by atoms with Gasteiger partial charge in [-0.15, -0.1) is 0 Å². The normalized spacial score (nSPS) is 15.6. The molecular formula is C18H18ClN3O. The van der Waals surface area contributed by atoms with E-state index < -0.39 is 6.10 Å². The lowest BCUT2D eigenvalue weighted by Crippen LogP contribution is -2.25. The van der Waals surface area contributed by atoms with Crippen LogP contribution in [0.3, 0.4) is 0 Å². The number of benzene rings is 1. The predicted molar refractivity (Wildman–Crippen MR) is 91.6 cm³/mol. The highest BCUT2D eigenvalue weighted by Gasteiger charge is 2.21. The third-order valence-electron chi connectivity index (χ3n) is 4.54. The number of fused-ring (bicyclic) bond motifs is 3. The molecule has 0 fully saturated rings. The first-order chi connectivity index (χ1) is 11.2. The molecule has 5 heteroatoms. The molecule has 2 N–H and O–H groups in total. The van der Waals surface area contributed by atoms with Gasteiger partial charge in [0, 0.05) is 53.5 Å². The van der Waals surface area contributed by atoms with Crippen LogP contribution in [0.5, 0.6) is 0 Å². The average molecular weight is 328 g/mol. The van der Waals surface area contributed by atoms with Gasteiger partial charge in [-0.05, 0) is 41.5 Å². The van der Waals surface area contributed by atoms with Gasteiger partial charge in [-0.3, -0.25) is 4.98 Å². The first-order valence-corrected chi connectivity index (χ1v) is 8.20. The number of nitrogens with one attached hydrogen (secondary N) is 1. The summed E-state index contributed by atoms with van der Waals surface area (Å²) >= 11 is 6.19. The third kappa shape index (κ3) is 2.63. The smallest absolute Gasteiger partial charge is 0.0970 e. The van der Waals surface area contributed by atoms with Gasteiger partial charge in [-0.25, -0.2) is 0 Å². The molecule has 0 amide bonds. The molecule has 3 aromatic rings. The number of aromatic nitrogens is 2. The highest BCUT2D eigenvalue weighted by molar-refractivity contribution is 6.31. The molecule has 0 bridgehead atoms. The predicted octanol–water partition coefficient (Wildman–Crippen LogP) is 3.07. The molecule has 4 nitrogen and oxygen atoms in total. The first kappa shape index (κ1) is 14.7. The van der Waals surface area contributed by atoms with Gasteiger partial charge in [0.25, 0.3) is 0 Å². The van der Waals surface area contributed by atoms with Gasteiger partial charge >= 0.3 is 0 Å². The van der Waals surface area contributed by atoms with E-state index in [0.717, 1.165) is 35.6 Å². The molecule has 0 spiro atoms. The van der Waals surface area contributed by atoms with Crippen LogP contribution in [0.1, 0.15) is 22.9 Å². The summed E-state index contributed by atoms with van der Waals surface area (Å²) in [5.41, 5.74) is 4.62. The second-order valence-electron chi connectivity index (χ2n) is 5.92. The Morgan fingerprint density at radius 2 is 2.09 bits per heavy atom. The minimum Gasteiger partial charge on any atom is -0.387 e. The van der Waals surface area contributed by atoms with Crippen LogP contribution in [0.2, 0.25) is 5.02 Å². The van der Waals surface area contributed by atoms with Crippen LogP contribution >= 0.6 is 11.6 Å². The second-order valence-corrected chi connectivity index (χ2v) is 6.36. The molecule has 1 atom stereocenters. The van der Waals surface area contributed by atoms with Crippen LogP contribution in [0.25, 0.3) is 10.9 Å². The summed E-state index contributed by atoms with van der Waals surface area (Å²) in [4.78, 5) is 4.01. The Bertz CT molecular complexity index is 844. The van der Waals surface area contributed by atoms with E-state index in [1.807, 2.05) is 24.3 Å². The van der Waals surface area contributed by atoms with Crippen LogP contribution < -0.4 is 5.32 Å². The molecule has 118 valence electrons. The Hall–Kier alpha value is -1.88. The van der Waals surface area contributed by atoms with Crippen molar-refractivity contribution in [3.05, 3.63) is 64.6 Å². The molecular weight excluding hydrogens is 310 g/mol. The summed E-state index contributed by atoms with van der Waals surface area (Å²) in [6.45, 7) is 2.35. The summed E-state index contributed by atoms with van der Waals surface area (Å²) in [6, 6.07) is 9.72. The molecule has 1 aromatic carbocycles. The highest BCUT2D eigenvalue weighted by atomic mass is 35.5. The Kier molecular flexibility index (Phi) is 3.81. The summed E-state index contributed by atoms with van der Waals surface area (Å²) in [7, 11) is 0. The Labute approximate surface area is 139 Å². The van der Waals surface area contributed by atoms with Gasteiger partial charge in [0.1, 0.15) is 0 Å². The van der Waals surface area contributed by atoms with Crippen LogP contribution in [0.15, 0.2) is 42.7 Å². The van der Waals surface area contributed by atoms with Crippen molar-refractivity contribution in [1.29, 1.82) is 0 Å². The van der Waals surface area contributed by atoms with E-state index in [-0.39, 0.29) is 0 Å². The first-order valence-electron chi connectivity index (χ1n) is 7.82. The average Bonchev–Trinajstić information content (AvgIpc) is 2.89. The largest absolute Gasteiger partial charge is 0.387 e. The quantitative estimate of drug-likeness (QED) is 0.777. The van der Waals surface area contributed by atoms with Gasteiger partial charge in [0.05, 0.1) is 12.6 Å². The van der Waals surface area contributed by atoms with Gasteiger partial charge in [0.15, 0.2) is 0 Å². The van der Waals surface area contributed by atoms with Gasteiger partial charge in [-0.2, -0.15) is 0 Å². The van der Waals surface area contributed by atoms with Crippen LogP contribution in [-0.2, 0) is 19.5 Å². The SMILES string of the molecule is OC(Cn1c2c(c3cc(Cl)ccc31)CNCC2)c1ccncc1. The molecule has 0 saturated heterocycles. The maximum atomic E-state index is 10.6. The zero-order valence-electron chi connectivity index (χ0n) is 12.7. The molecule has 1 aliphatic heterocycles. The van der Waals surface area contributed by atoms with Crippen LogP contribution in [-0.4, -0.2) is 21.2 Å². The molecule has 0 saturated carbocycles. The third-order valence-corrected chi connectivity index (χ3v) is 4.77. The lowest BCUT2D eigenvalue weighted by Gasteiger charge is -2.19. The number of rotatable bonds is 3. The van der Waals surface area contributed by atoms with E-state index in [1.165, 1.54) is 16.6 Å². The molecule has 0 aliphatic carbocycles. The summed E-state index contributed by atoms with van der Waals surface area (Å²) in [6.07, 6.45) is 3.84. The standard InChI is InChI=1S/C18H18ClN3O/c19-13-1-2-16-14(9-13)15-10-21-8-5-17(15)22(16)11-18(23)12-3-6-20-7-4-12/h1-4,6-7,9,18,21,23H,5,8,10-11H2. The van der Waals surface area contributed by atoms with Crippen molar-refractivity contribution in [2.75, 3.05) is 6.54 Å². The molecule has 3 heterocycles. The van der Waals surface area contributed by atoms with Crippen molar-refractivity contribution in [2.24, 2.45) is 0 Å². The number of hydrogen-bond donors (Lipinski definition) is 2. The molecule has 0 radical (unpaired) electrons. The van der Waals surface area contributed by atoms with Crippen molar-refractivity contribution in [3.63, 3.8) is 0 Å². The van der Waals surface area contributed by atoms with E-state index in [4.69, 9.17) is 11.6 Å². The summed E-state index contributed by atoms with van der Waals surface area (Å²) in [5, 5.41) is 16.0. The lowest BCUT2D eigenvalue weighted by atomic mass is 10.1. The van der Waals surface area contributed by atoms with Crippen molar-refractivity contribution in [3.8, 4) is 0 Å². The van der Waals surface area contributed by atoms with Crippen molar-refractivity contribution < 1.29 is 5.11 Å². The molecule has 4 rings (SSSR count). The zero-order valence-corrected chi connectivity index (χ0v) is 13.4. The van der Waals surface area contributed by atoms with Crippen LogP contribution in [0, 0.1) is 0 Å². The second kappa shape index (κ2) is 5.96. The number of aliphatic hydroxyl groups is 1. The van der Waals surface area contributed by atoms with Gasteiger partial charge in [0.2, 0.25) is 0 Å². The van der Waals surface area contributed by atoms with E-state index in [1.54, 1.807) is 12.4 Å². The zero-order chi connectivity index (χ0) is 15.8. The monoisotopic (exact) mass is 327 g/mol. The van der Waals surface area contributed by atoms with Crippen LogP contribution in [0.4, 0.5) is 0 Å². The molecule has 2 aromatic heterocycles. The van der Waals surface area contributed by atoms with E-state index >= 15 is 0 Å². The van der Waals surface area contributed by atoms with Gasteiger partial charge in [-0.1, -0.05) is 11.6 Å². The highest BCUT2D eigenvalue weighted by Crippen LogP contribution is 2.32. The number of hydrogen-bond acceptors (Lipinski definition) is 3. The molecule has 1 unspecified atom stereocenters. The number of aliphatic hydroxyl groups excluding tert-OH is 1. The topological polar surface area (TPSA) is 50.1 Å². The fourth-order valence-corrected chi connectivity index (χ4v) is 3.60. The Morgan fingerprint density at radius 3 is 2.91 bits per heavy atom. The minimum absolute atomic E-state index is 0.539. The van der Waals surface area contributed by atoms with Crippen molar-refractivity contribution in [1.82, 2.24) is 14.9 Å². The van der Waals surface area contributed by atoms with E-state index in [2.05, 4.69) is 20.9 Å². The van der Waals surface area contributed by atoms with Gasteiger partial charge < -0.3 is 15.0 Å². The summed E-state index contributed by atoms with van der Waals surface area (Å²) < 4.78 is 2.24. The maximum absolute atomic E-state index is 10.6. The number of nitrogens with zero attached hydrogens (tertiary/aromatic N) is 2. The van der Waals surface area contributed by atoms with E-state index in [9.17, 15) is 5.11 Å². The number of halogens is 1. The Balaban J connectivity index is 1.80. The lowest BCUT2D eigenvalue weighted by molar-refractivity contribution is 0.156. The maximum Gasteiger partial charge on any atom is 0.0970 e. The fourth-order valence-electron chi connectivity index (χ4n) is 3.42. The molecule has 1 aliphatic rings.